The van der Waals surface area contributed by atoms with E-state index in [0.717, 1.165) is 17.1 Å². The number of nitrogens with zero attached hydrogens (tertiary/aromatic N) is 5. The van der Waals surface area contributed by atoms with Gasteiger partial charge in [0.1, 0.15) is 11.5 Å². The molecule has 31 heavy (non-hydrogen) atoms. The van der Waals surface area contributed by atoms with E-state index in [4.69, 9.17) is 0 Å². The van der Waals surface area contributed by atoms with Crippen LogP contribution in [0.15, 0.2) is 78.9 Å². The molecule has 0 aliphatic carbocycles. The molecule has 0 radical (unpaired) electrons. The van der Waals surface area contributed by atoms with Gasteiger partial charge in [0.2, 0.25) is 17.8 Å². The second-order valence-corrected chi connectivity index (χ2v) is 6.90. The summed E-state index contributed by atoms with van der Waals surface area (Å²) >= 11 is 0. The van der Waals surface area contributed by atoms with Crippen molar-refractivity contribution >= 4 is 34.9 Å². The first-order chi connectivity index (χ1) is 15.0. The highest BCUT2D eigenvalue weighted by Gasteiger charge is 2.16. The normalized spacial score (nSPS) is 10.5. The third kappa shape index (κ3) is 4.64. The van der Waals surface area contributed by atoms with Crippen LogP contribution in [0, 0.1) is 0 Å². The first-order valence-electron chi connectivity index (χ1n) is 9.63. The second kappa shape index (κ2) is 8.58. The summed E-state index contributed by atoms with van der Waals surface area (Å²) in [4.78, 5) is 17.4. The Morgan fingerprint density at radius 3 is 1.52 bits per heavy atom. The Morgan fingerprint density at radius 2 is 1.06 bits per heavy atom. The Morgan fingerprint density at radius 1 is 0.613 bits per heavy atom. The Balaban J connectivity index is 1.74. The van der Waals surface area contributed by atoms with E-state index in [1.54, 1.807) is 48.5 Å². The predicted octanol–water partition coefficient (Wildman–Crippen LogP) is 4.56. The minimum atomic E-state index is 0.187. The molecule has 0 aliphatic rings. The molecule has 0 amide bonds. The molecule has 0 saturated carbocycles. The molecule has 1 heterocycles. The van der Waals surface area contributed by atoms with Gasteiger partial charge in [0, 0.05) is 31.2 Å². The molecular weight excluding hydrogens is 392 g/mol. The number of aromatic hydroxyl groups is 2. The van der Waals surface area contributed by atoms with E-state index in [-0.39, 0.29) is 11.5 Å². The van der Waals surface area contributed by atoms with E-state index in [1.165, 1.54) is 0 Å². The van der Waals surface area contributed by atoms with Gasteiger partial charge in [0.25, 0.3) is 0 Å². The van der Waals surface area contributed by atoms with Gasteiger partial charge in [0.15, 0.2) is 0 Å². The Kier molecular flexibility index (Phi) is 5.53. The van der Waals surface area contributed by atoms with Gasteiger partial charge in [0.05, 0.1) is 0 Å². The van der Waals surface area contributed by atoms with Crippen LogP contribution in [0.1, 0.15) is 0 Å². The average molecular weight is 414 g/mol. The summed E-state index contributed by atoms with van der Waals surface area (Å²) in [6.07, 6.45) is 0. The van der Waals surface area contributed by atoms with Crippen LogP contribution in [0.5, 0.6) is 11.5 Å². The molecule has 0 spiro atoms. The van der Waals surface area contributed by atoms with Crippen molar-refractivity contribution in [3.63, 3.8) is 0 Å². The molecule has 4 rings (SSSR count). The highest BCUT2D eigenvalue weighted by atomic mass is 16.3. The Labute approximate surface area is 180 Å². The molecule has 3 N–H and O–H groups in total. The number of phenolic OH excluding ortho intramolecular Hbond substituents is 2. The summed E-state index contributed by atoms with van der Waals surface area (Å²) in [5.41, 5.74) is 2.48. The fourth-order valence-corrected chi connectivity index (χ4v) is 2.94. The first-order valence-corrected chi connectivity index (χ1v) is 9.63. The van der Waals surface area contributed by atoms with Crippen LogP contribution in [0.3, 0.4) is 0 Å². The molecule has 0 saturated heterocycles. The molecule has 8 heteroatoms. The molecule has 0 fully saturated rings. The van der Waals surface area contributed by atoms with Gasteiger partial charge in [-0.15, -0.1) is 0 Å². The number of hydrogen-bond acceptors (Lipinski definition) is 8. The van der Waals surface area contributed by atoms with Crippen LogP contribution in [0.4, 0.5) is 34.9 Å². The molecule has 8 nitrogen and oxygen atoms in total. The summed E-state index contributed by atoms with van der Waals surface area (Å²) in [6.45, 7) is 0. The van der Waals surface area contributed by atoms with Gasteiger partial charge in [-0.2, -0.15) is 15.0 Å². The molecule has 156 valence electrons. The van der Waals surface area contributed by atoms with Crippen molar-refractivity contribution in [2.24, 2.45) is 0 Å². The summed E-state index contributed by atoms with van der Waals surface area (Å²) in [5.74, 6) is 1.63. The van der Waals surface area contributed by atoms with Crippen molar-refractivity contribution in [3.8, 4) is 11.5 Å². The number of benzene rings is 3. The van der Waals surface area contributed by atoms with Gasteiger partial charge in [-0.25, -0.2) is 0 Å². The van der Waals surface area contributed by atoms with Crippen LogP contribution < -0.4 is 15.1 Å². The van der Waals surface area contributed by atoms with E-state index >= 15 is 0 Å². The summed E-state index contributed by atoms with van der Waals surface area (Å²) < 4.78 is 0. The van der Waals surface area contributed by atoms with Crippen molar-refractivity contribution in [2.45, 2.75) is 0 Å². The minimum Gasteiger partial charge on any atom is -0.508 e. The maximum Gasteiger partial charge on any atom is 0.236 e. The minimum absolute atomic E-state index is 0.187. The third-order valence-corrected chi connectivity index (χ3v) is 4.72. The maximum absolute atomic E-state index is 9.59. The van der Waals surface area contributed by atoms with E-state index in [1.807, 2.05) is 54.2 Å². The van der Waals surface area contributed by atoms with Crippen molar-refractivity contribution in [3.05, 3.63) is 78.9 Å². The van der Waals surface area contributed by atoms with Gasteiger partial charge in [-0.05, 0) is 60.7 Å². The number of aromatic nitrogens is 3. The molecule has 0 bridgehead atoms. The summed E-state index contributed by atoms with van der Waals surface area (Å²) in [5, 5.41) is 22.4. The molecule has 3 aromatic carbocycles. The lowest BCUT2D eigenvalue weighted by Gasteiger charge is -2.22. The third-order valence-electron chi connectivity index (χ3n) is 4.72. The van der Waals surface area contributed by atoms with Crippen LogP contribution in [0.2, 0.25) is 0 Å². The average Bonchev–Trinajstić information content (AvgIpc) is 2.79. The maximum atomic E-state index is 9.59. The standard InChI is InChI=1S/C23H22N6O2/c1-28(17-8-12-19(30)13-9-17)22-25-21(24-16-6-4-3-5-7-16)26-23(27-22)29(2)18-10-14-20(31)15-11-18/h3-15,30-31H,1-2H3,(H,24,25,26,27). The predicted molar refractivity (Wildman–Crippen MR) is 122 cm³/mol. The molecular formula is C23H22N6O2. The lowest BCUT2D eigenvalue weighted by atomic mass is 10.3. The van der Waals surface area contributed by atoms with Gasteiger partial charge in [-0.3, -0.25) is 0 Å². The highest BCUT2D eigenvalue weighted by molar-refractivity contribution is 5.64. The van der Waals surface area contributed by atoms with Crippen LogP contribution >= 0.6 is 0 Å². The van der Waals surface area contributed by atoms with Crippen molar-refractivity contribution in [1.29, 1.82) is 0 Å². The fraction of sp³-hybridized carbons (Fsp3) is 0.0870. The lowest BCUT2D eigenvalue weighted by Crippen LogP contribution is -2.19. The zero-order chi connectivity index (χ0) is 21.8. The fourth-order valence-electron chi connectivity index (χ4n) is 2.94. The monoisotopic (exact) mass is 414 g/mol. The van der Waals surface area contributed by atoms with Crippen LogP contribution in [-0.4, -0.2) is 39.3 Å². The van der Waals surface area contributed by atoms with Crippen molar-refractivity contribution < 1.29 is 10.2 Å². The SMILES string of the molecule is CN(c1ccc(O)cc1)c1nc(Nc2ccccc2)nc(N(C)c2ccc(O)cc2)n1. The highest BCUT2D eigenvalue weighted by Crippen LogP contribution is 2.28. The zero-order valence-electron chi connectivity index (χ0n) is 17.1. The van der Waals surface area contributed by atoms with E-state index < -0.39 is 0 Å². The van der Waals surface area contributed by atoms with E-state index in [2.05, 4.69) is 20.3 Å². The van der Waals surface area contributed by atoms with Crippen LogP contribution in [0.25, 0.3) is 0 Å². The summed E-state index contributed by atoms with van der Waals surface area (Å²) in [6, 6.07) is 23.2. The summed E-state index contributed by atoms with van der Waals surface area (Å²) in [7, 11) is 3.69. The topological polar surface area (TPSA) is 97.6 Å². The number of para-hydroxylation sites is 1. The molecule has 0 atom stereocenters. The van der Waals surface area contributed by atoms with Gasteiger partial charge < -0.3 is 25.3 Å². The van der Waals surface area contributed by atoms with Crippen molar-refractivity contribution in [2.75, 3.05) is 29.2 Å². The molecule has 0 unspecified atom stereocenters. The zero-order valence-corrected chi connectivity index (χ0v) is 17.1. The lowest BCUT2D eigenvalue weighted by molar-refractivity contribution is 0.475. The Bertz CT molecular complexity index is 1080. The molecule has 1 aromatic heterocycles. The largest absolute Gasteiger partial charge is 0.508 e. The Hall–Kier alpha value is -4.33. The number of phenols is 2. The second-order valence-electron chi connectivity index (χ2n) is 6.90. The van der Waals surface area contributed by atoms with E-state index in [9.17, 15) is 10.2 Å². The van der Waals surface area contributed by atoms with Gasteiger partial charge in [-0.1, -0.05) is 18.2 Å². The number of anilines is 6. The quantitative estimate of drug-likeness (QED) is 0.422. The smallest absolute Gasteiger partial charge is 0.236 e. The van der Waals surface area contributed by atoms with E-state index in [0.29, 0.717) is 17.8 Å². The number of nitrogens with one attached hydrogen (secondary N) is 1. The van der Waals surface area contributed by atoms with Crippen molar-refractivity contribution in [1.82, 2.24) is 15.0 Å². The molecule has 0 aliphatic heterocycles. The number of rotatable bonds is 6. The molecule has 4 aromatic rings. The number of hydrogen-bond donors (Lipinski definition) is 3. The van der Waals surface area contributed by atoms with Gasteiger partial charge >= 0.3 is 0 Å². The first kappa shape index (κ1) is 20.0. The van der Waals surface area contributed by atoms with Crippen LogP contribution in [-0.2, 0) is 0 Å².